The summed E-state index contributed by atoms with van der Waals surface area (Å²) in [4.78, 5) is 4.76. The molecule has 9 nitrogen and oxygen atoms in total. The maximum Gasteiger partial charge on any atom is 0.204 e. The molecule has 0 saturated carbocycles. The molecular weight excluding hydrogens is 580 g/mol. The quantitative estimate of drug-likeness (QED) is 0.254. The van der Waals surface area contributed by atoms with Gasteiger partial charge in [-0.1, -0.05) is 12.1 Å². The van der Waals surface area contributed by atoms with Gasteiger partial charge in [-0.05, 0) is 110 Å². The Balaban J connectivity index is 1.47. The molecular formula is C37H42N4O5. The van der Waals surface area contributed by atoms with E-state index in [2.05, 4.69) is 54.2 Å². The molecule has 9 heteroatoms. The van der Waals surface area contributed by atoms with Gasteiger partial charge >= 0.3 is 0 Å². The van der Waals surface area contributed by atoms with Gasteiger partial charge in [-0.3, -0.25) is 9.80 Å². The molecule has 2 unspecified atom stereocenters. The van der Waals surface area contributed by atoms with E-state index in [1.54, 1.807) is 21.3 Å². The van der Waals surface area contributed by atoms with Gasteiger partial charge in [-0.15, -0.1) is 0 Å². The Morgan fingerprint density at radius 1 is 0.696 bits per heavy atom. The molecule has 0 fully saturated rings. The van der Waals surface area contributed by atoms with Crippen LogP contribution >= 0.6 is 0 Å². The third-order valence-electron chi connectivity index (χ3n) is 9.85. The lowest BCUT2D eigenvalue weighted by Crippen LogP contribution is -2.34. The summed E-state index contributed by atoms with van der Waals surface area (Å²) >= 11 is 0. The second-order valence-electron chi connectivity index (χ2n) is 12.6. The van der Waals surface area contributed by atoms with Crippen molar-refractivity contribution in [2.24, 2.45) is 0 Å². The minimum atomic E-state index is 0.0267. The smallest absolute Gasteiger partial charge is 0.204 e. The first kappa shape index (κ1) is 30.1. The van der Waals surface area contributed by atoms with E-state index < -0.39 is 0 Å². The topological polar surface area (TPSA) is 105 Å². The Hall–Kier alpha value is -4.60. The number of hydrogen-bond donors (Lipinski definition) is 2. The number of likely N-dealkylation sites (N-methyl/N-ethyl adjacent to an activating group) is 2. The average Bonchev–Trinajstić information content (AvgIpc) is 3.05. The fourth-order valence-electron chi connectivity index (χ4n) is 7.26. The van der Waals surface area contributed by atoms with Crippen molar-refractivity contribution in [3.8, 4) is 40.2 Å². The zero-order chi connectivity index (χ0) is 32.1. The van der Waals surface area contributed by atoms with E-state index >= 15 is 0 Å². The SMILES string of the molecule is COc1cc2c3cc1Oc1c(OC)c(OC)cc4c1C(Cc1ccc(cc1)Oc1cc(cc(N)c1N)CC3N(C)CC2)N(C)CC4. The Kier molecular flexibility index (Phi) is 7.82. The van der Waals surface area contributed by atoms with Crippen molar-refractivity contribution in [2.45, 2.75) is 37.8 Å². The van der Waals surface area contributed by atoms with Crippen LogP contribution in [0.25, 0.3) is 0 Å². The molecule has 46 heavy (non-hydrogen) atoms. The molecule has 4 aliphatic rings. The monoisotopic (exact) mass is 622 g/mol. The molecule has 4 aromatic rings. The molecule has 4 N–H and O–H groups in total. The van der Waals surface area contributed by atoms with Crippen molar-refractivity contribution in [1.29, 1.82) is 0 Å². The Labute approximate surface area is 270 Å². The van der Waals surface area contributed by atoms with Crippen molar-refractivity contribution >= 4 is 11.4 Å². The number of nitrogens with zero attached hydrogens (tertiary/aromatic N) is 2. The van der Waals surface area contributed by atoms with E-state index in [0.717, 1.165) is 49.0 Å². The van der Waals surface area contributed by atoms with Gasteiger partial charge in [-0.25, -0.2) is 0 Å². The van der Waals surface area contributed by atoms with Crippen LogP contribution in [0, 0.1) is 0 Å². The number of nitrogen functional groups attached to an aromatic ring is 2. The molecule has 240 valence electrons. The molecule has 0 radical (unpaired) electrons. The van der Waals surface area contributed by atoms with Crippen LogP contribution < -0.4 is 35.2 Å². The third kappa shape index (κ3) is 5.23. The molecule has 4 heterocycles. The summed E-state index contributed by atoms with van der Waals surface area (Å²) in [6.45, 7) is 1.81. The van der Waals surface area contributed by atoms with Crippen LogP contribution in [0.4, 0.5) is 11.4 Å². The fourth-order valence-corrected chi connectivity index (χ4v) is 7.26. The zero-order valence-electron chi connectivity index (χ0n) is 27.2. The van der Waals surface area contributed by atoms with E-state index in [9.17, 15) is 0 Å². The maximum atomic E-state index is 7.01. The molecule has 0 aromatic heterocycles. The lowest BCUT2D eigenvalue weighted by atomic mass is 9.87. The number of hydrogen-bond acceptors (Lipinski definition) is 9. The summed E-state index contributed by atoms with van der Waals surface area (Å²) in [5.41, 5.74) is 20.7. The van der Waals surface area contributed by atoms with Gasteiger partial charge in [0.25, 0.3) is 0 Å². The summed E-state index contributed by atoms with van der Waals surface area (Å²) in [6.07, 6.45) is 3.23. The van der Waals surface area contributed by atoms with Crippen molar-refractivity contribution in [1.82, 2.24) is 9.80 Å². The predicted octanol–water partition coefficient (Wildman–Crippen LogP) is 6.32. The van der Waals surface area contributed by atoms with E-state index in [4.69, 9.17) is 35.2 Å². The van der Waals surface area contributed by atoms with Crippen LogP contribution in [0.3, 0.4) is 0 Å². The van der Waals surface area contributed by atoms with E-state index in [1.165, 1.54) is 16.7 Å². The number of benzene rings is 4. The molecule has 8 rings (SSSR count). The number of fused-ring (bicyclic) bond motifs is 2. The number of ether oxygens (including phenoxy) is 5. The largest absolute Gasteiger partial charge is 0.493 e. The third-order valence-corrected chi connectivity index (χ3v) is 9.85. The lowest BCUT2D eigenvalue weighted by Gasteiger charge is -2.37. The van der Waals surface area contributed by atoms with Crippen LogP contribution in [0.2, 0.25) is 0 Å². The summed E-state index contributed by atoms with van der Waals surface area (Å²) < 4.78 is 31.2. The minimum absolute atomic E-state index is 0.0267. The minimum Gasteiger partial charge on any atom is -0.493 e. The standard InChI is InChI=1S/C37H42N4O5/c1-40-12-10-23-18-30(42-3)31-20-26(23)28(40)16-22-14-27(38)35(39)32(17-22)45-25-8-6-21(7-9-25)15-29-34-24(11-13-41(29)2)19-33(43-4)36(44-5)37(34)46-31/h6-9,14,17-20,28-29H,10-13,15-16,38-39H2,1-5H3. The number of methoxy groups -OCH3 is 3. The van der Waals surface area contributed by atoms with Crippen LogP contribution in [-0.2, 0) is 25.7 Å². The zero-order valence-corrected chi connectivity index (χ0v) is 27.2. The first-order valence-corrected chi connectivity index (χ1v) is 15.8. The van der Waals surface area contributed by atoms with Crippen molar-refractivity contribution in [3.05, 3.63) is 88.0 Å². The van der Waals surface area contributed by atoms with Gasteiger partial charge in [0.1, 0.15) is 5.75 Å². The highest BCUT2D eigenvalue weighted by Crippen LogP contribution is 2.52. The van der Waals surface area contributed by atoms with Crippen molar-refractivity contribution < 1.29 is 23.7 Å². The second kappa shape index (κ2) is 12.0. The predicted molar refractivity (Wildman–Crippen MR) is 180 cm³/mol. The molecule has 4 aromatic carbocycles. The lowest BCUT2D eigenvalue weighted by molar-refractivity contribution is 0.220. The Morgan fingerprint density at radius 3 is 2.09 bits per heavy atom. The number of anilines is 2. The Morgan fingerprint density at radius 2 is 1.37 bits per heavy atom. The highest BCUT2D eigenvalue weighted by molar-refractivity contribution is 5.72. The van der Waals surface area contributed by atoms with Crippen molar-refractivity contribution in [3.63, 3.8) is 0 Å². The molecule has 0 amide bonds. The van der Waals surface area contributed by atoms with Crippen LogP contribution in [0.15, 0.2) is 54.6 Å². The molecule has 0 saturated heterocycles. The van der Waals surface area contributed by atoms with Crippen LogP contribution in [0.1, 0.15) is 45.5 Å². The van der Waals surface area contributed by atoms with Gasteiger partial charge in [0.05, 0.1) is 32.7 Å². The maximum absolute atomic E-state index is 7.01. The number of rotatable bonds is 3. The first-order valence-electron chi connectivity index (χ1n) is 15.8. The van der Waals surface area contributed by atoms with Gasteiger partial charge in [-0.2, -0.15) is 0 Å². The molecule has 4 aliphatic heterocycles. The highest BCUT2D eigenvalue weighted by atomic mass is 16.5. The van der Waals surface area contributed by atoms with Crippen LogP contribution in [0.5, 0.6) is 40.2 Å². The summed E-state index contributed by atoms with van der Waals surface area (Å²) in [6, 6.07) is 18.6. The van der Waals surface area contributed by atoms with Gasteiger partial charge in [0.15, 0.2) is 28.7 Å². The van der Waals surface area contributed by atoms with E-state index in [1.807, 2.05) is 24.3 Å². The molecule has 0 spiro atoms. The molecule has 6 bridgehead atoms. The van der Waals surface area contributed by atoms with Crippen molar-refractivity contribution in [2.75, 3.05) is 60.0 Å². The average molecular weight is 623 g/mol. The van der Waals surface area contributed by atoms with Gasteiger partial charge < -0.3 is 35.2 Å². The second-order valence-corrected chi connectivity index (χ2v) is 12.6. The Bertz CT molecular complexity index is 1790. The molecule has 2 atom stereocenters. The first-order chi connectivity index (χ1) is 22.3. The highest BCUT2D eigenvalue weighted by Gasteiger charge is 2.34. The number of nitrogens with two attached hydrogens (primary N) is 2. The molecule has 0 aliphatic carbocycles. The summed E-state index contributed by atoms with van der Waals surface area (Å²) in [7, 11) is 9.35. The normalized spacial score (nSPS) is 19.2. The fraction of sp³-hybridized carbons (Fsp3) is 0.351. The van der Waals surface area contributed by atoms with Crippen LogP contribution in [-0.4, -0.2) is 58.3 Å². The summed E-state index contributed by atoms with van der Waals surface area (Å²) in [5, 5.41) is 0. The summed E-state index contributed by atoms with van der Waals surface area (Å²) in [5.74, 6) is 4.45. The van der Waals surface area contributed by atoms with Gasteiger partial charge in [0, 0.05) is 30.7 Å². The van der Waals surface area contributed by atoms with E-state index in [-0.39, 0.29) is 12.1 Å². The van der Waals surface area contributed by atoms with E-state index in [0.29, 0.717) is 58.0 Å². The van der Waals surface area contributed by atoms with Gasteiger partial charge in [0.2, 0.25) is 5.75 Å².